The Morgan fingerprint density at radius 3 is 0.882 bits per heavy atom. The summed E-state index contributed by atoms with van der Waals surface area (Å²) in [5, 5.41) is 0.237. The molecule has 0 atom stereocenters. The second-order valence-corrected chi connectivity index (χ2v) is 24.7. The fourth-order valence-corrected chi connectivity index (χ4v) is 19.0. The van der Waals surface area contributed by atoms with Gasteiger partial charge in [-0.1, -0.05) is 119 Å². The van der Waals surface area contributed by atoms with E-state index in [9.17, 15) is 0 Å². The van der Waals surface area contributed by atoms with Gasteiger partial charge >= 0.3 is 0 Å². The van der Waals surface area contributed by atoms with Gasteiger partial charge in [-0.3, -0.25) is 0 Å². The maximum absolute atomic E-state index is 7.21. The molecule has 0 aromatic heterocycles. The molecule has 0 saturated heterocycles. The van der Waals surface area contributed by atoms with E-state index in [0.717, 1.165) is 23.6 Å². The summed E-state index contributed by atoms with van der Waals surface area (Å²) in [5.41, 5.74) is 0. The van der Waals surface area contributed by atoms with Crippen molar-refractivity contribution in [3.8, 4) is 11.5 Å². The maximum atomic E-state index is 7.21. The maximum Gasteiger partial charge on any atom is 0.261 e. The minimum absolute atomic E-state index is 0.0593. The zero-order chi connectivity index (χ0) is 26.1. The van der Waals surface area contributed by atoms with Crippen molar-refractivity contribution in [1.82, 2.24) is 0 Å². The van der Waals surface area contributed by atoms with Crippen LogP contribution in [0.5, 0.6) is 11.5 Å². The third kappa shape index (κ3) is 5.81. The lowest BCUT2D eigenvalue weighted by molar-refractivity contribution is 0.403. The Labute approximate surface area is 212 Å². The zero-order valence-electron chi connectivity index (χ0n) is 24.0. The highest BCUT2D eigenvalue weighted by atomic mass is 28.4. The number of rotatable bonds is 7. The Morgan fingerprint density at radius 2 is 0.676 bits per heavy atom. The van der Waals surface area contributed by atoms with E-state index in [1.54, 1.807) is 0 Å². The van der Waals surface area contributed by atoms with Crippen LogP contribution in [0, 0.1) is 0 Å². The summed E-state index contributed by atoms with van der Waals surface area (Å²) < 4.78 is 14.4. The second-order valence-electron chi connectivity index (χ2n) is 14.0. The first-order valence-electron chi connectivity index (χ1n) is 12.8. The van der Waals surface area contributed by atoms with Crippen LogP contribution < -0.4 is 8.85 Å². The van der Waals surface area contributed by atoms with Gasteiger partial charge in [-0.15, -0.1) is 0 Å². The van der Waals surface area contributed by atoms with Gasteiger partial charge in [-0.05, 0) is 56.5 Å². The summed E-state index contributed by atoms with van der Waals surface area (Å²) in [6, 6.07) is 23.1. The predicted molar refractivity (Wildman–Crippen MR) is 154 cm³/mol. The van der Waals surface area contributed by atoms with E-state index in [4.69, 9.17) is 8.85 Å². The molecule has 0 unspecified atom stereocenters. The quantitative estimate of drug-likeness (QED) is 0.353. The average molecular weight is 499 g/mol. The fourth-order valence-electron chi connectivity index (χ4n) is 6.20. The Balaban J connectivity index is 2.65. The summed E-state index contributed by atoms with van der Waals surface area (Å²) >= 11 is 0. The van der Waals surface area contributed by atoms with Gasteiger partial charge in [0.1, 0.15) is 11.5 Å². The van der Waals surface area contributed by atoms with Crippen molar-refractivity contribution in [2.75, 3.05) is 0 Å². The Morgan fingerprint density at radius 1 is 0.441 bits per heavy atom. The third-order valence-electron chi connectivity index (χ3n) is 7.75. The average Bonchev–Trinajstić information content (AvgIpc) is 2.68. The molecule has 0 fully saturated rings. The molecule has 0 heterocycles. The van der Waals surface area contributed by atoms with Crippen LogP contribution in [0.4, 0.5) is 0 Å². The van der Waals surface area contributed by atoms with Gasteiger partial charge in [0.05, 0.1) is 0 Å². The van der Waals surface area contributed by atoms with Gasteiger partial charge in [-0.2, -0.15) is 0 Å². The van der Waals surface area contributed by atoms with Gasteiger partial charge in [-0.25, -0.2) is 0 Å². The molecular formula is C30H50O2Si2. The van der Waals surface area contributed by atoms with E-state index in [1.807, 2.05) is 0 Å². The molecular weight excluding hydrogens is 449 g/mol. The monoisotopic (exact) mass is 498 g/mol. The van der Waals surface area contributed by atoms with E-state index in [-0.39, 0.29) is 20.2 Å². The molecule has 34 heavy (non-hydrogen) atoms. The molecule has 2 aromatic carbocycles. The first-order chi connectivity index (χ1) is 15.4. The van der Waals surface area contributed by atoms with E-state index >= 15 is 0 Å². The second kappa shape index (κ2) is 9.85. The third-order valence-corrected chi connectivity index (χ3v) is 21.0. The summed E-state index contributed by atoms with van der Waals surface area (Å²) in [6.45, 7) is 28.7. The molecule has 0 radical (unpaired) electrons. The molecule has 0 aliphatic heterocycles. The minimum Gasteiger partial charge on any atom is -0.542 e. The summed E-state index contributed by atoms with van der Waals surface area (Å²) in [4.78, 5) is 0. The molecule has 0 amide bonds. The van der Waals surface area contributed by atoms with Crippen molar-refractivity contribution in [2.45, 2.75) is 115 Å². The Bertz CT molecular complexity index is 790. The van der Waals surface area contributed by atoms with Crippen LogP contribution in [-0.4, -0.2) is 16.6 Å². The van der Waals surface area contributed by atoms with E-state index in [1.165, 1.54) is 0 Å². The van der Waals surface area contributed by atoms with Gasteiger partial charge in [0.25, 0.3) is 16.6 Å². The van der Waals surface area contributed by atoms with Crippen LogP contribution in [0.1, 0.15) is 83.1 Å². The number of hydrogen-bond donors (Lipinski definition) is 0. The molecule has 0 bridgehead atoms. The molecule has 0 saturated carbocycles. The fraction of sp³-hybridized carbons (Fsp3) is 0.600. The molecule has 2 rings (SSSR count). The Hall–Kier alpha value is -1.53. The van der Waals surface area contributed by atoms with Gasteiger partial charge < -0.3 is 8.85 Å². The van der Waals surface area contributed by atoms with Crippen LogP contribution in [-0.2, 0) is 0 Å². The number of hydrogen-bond acceptors (Lipinski definition) is 2. The molecule has 190 valence electrons. The van der Waals surface area contributed by atoms with Crippen LogP contribution in [0.3, 0.4) is 0 Å². The van der Waals surface area contributed by atoms with Gasteiger partial charge in [0.2, 0.25) is 0 Å². The van der Waals surface area contributed by atoms with Crippen molar-refractivity contribution in [2.24, 2.45) is 0 Å². The van der Waals surface area contributed by atoms with Gasteiger partial charge in [0.15, 0.2) is 0 Å². The lowest BCUT2D eigenvalue weighted by Gasteiger charge is -2.55. The highest BCUT2D eigenvalue weighted by molar-refractivity contribution is 6.85. The molecule has 0 spiro atoms. The van der Waals surface area contributed by atoms with Crippen LogP contribution in [0.2, 0.25) is 32.2 Å². The smallest absolute Gasteiger partial charge is 0.261 e. The minimum atomic E-state index is -2.37. The molecule has 2 nitrogen and oxygen atoms in total. The summed E-state index contributed by atoms with van der Waals surface area (Å²) in [6.07, 6.45) is 0. The number of para-hydroxylation sites is 2. The van der Waals surface area contributed by atoms with Crippen molar-refractivity contribution in [1.29, 1.82) is 0 Å². The summed E-state index contributed by atoms with van der Waals surface area (Å²) in [7, 11) is -4.74. The summed E-state index contributed by atoms with van der Waals surface area (Å²) in [5.74, 6) is 2.00. The zero-order valence-corrected chi connectivity index (χ0v) is 26.0. The molecule has 2 aromatic rings. The van der Waals surface area contributed by atoms with Gasteiger partial charge in [0, 0.05) is 0 Å². The van der Waals surface area contributed by atoms with E-state index in [0.29, 0.717) is 0 Å². The van der Waals surface area contributed by atoms with Crippen molar-refractivity contribution in [3.63, 3.8) is 0 Å². The Kier molecular flexibility index (Phi) is 8.32. The molecule has 0 aliphatic carbocycles. The largest absolute Gasteiger partial charge is 0.542 e. The highest BCUT2D eigenvalue weighted by Gasteiger charge is 2.62. The standard InChI is InChI=1S/C30H50O2Si2/c1-27(2,3)33(28(4,5)6,31-25-19-15-13-16-20-25)23-24-34(29(7,8)9,30(10,11)12)32-26-21-17-14-18-22-26/h13-22H,23-24H2,1-12H3. The van der Waals surface area contributed by atoms with Crippen molar-refractivity contribution in [3.05, 3.63) is 60.7 Å². The molecule has 0 N–H and O–H groups in total. The number of benzene rings is 2. The van der Waals surface area contributed by atoms with Crippen molar-refractivity contribution < 1.29 is 8.85 Å². The van der Waals surface area contributed by atoms with E-state index in [2.05, 4.69) is 144 Å². The van der Waals surface area contributed by atoms with E-state index < -0.39 is 16.6 Å². The van der Waals surface area contributed by atoms with Crippen molar-refractivity contribution >= 4 is 16.6 Å². The lowest BCUT2D eigenvalue weighted by atomic mass is 10.2. The highest BCUT2D eigenvalue weighted by Crippen LogP contribution is 2.59. The normalized spacial score (nSPS) is 14.1. The van der Waals surface area contributed by atoms with Crippen LogP contribution in [0.15, 0.2) is 60.7 Å². The topological polar surface area (TPSA) is 18.5 Å². The molecule has 0 aliphatic rings. The first-order valence-corrected chi connectivity index (χ1v) is 17.1. The lowest BCUT2D eigenvalue weighted by Crippen LogP contribution is -2.62. The predicted octanol–water partition coefficient (Wildman–Crippen LogP) is 10.2. The van der Waals surface area contributed by atoms with Crippen LogP contribution >= 0.6 is 0 Å². The SMILES string of the molecule is CC(C)(C)[Si](CC[Si](Oc1ccccc1)(C(C)(C)C)C(C)(C)C)(Oc1ccccc1)C(C)(C)C. The first kappa shape index (κ1) is 28.7. The van der Waals surface area contributed by atoms with Crippen LogP contribution in [0.25, 0.3) is 0 Å². The molecule has 4 heteroatoms.